The Bertz CT molecular complexity index is 1040. The standard InChI is InChI=1S/C16H14Cl2N4O2S2/c1-11-3-2-4-13(9-11)22-16(19-20-21-22)25-7-8-26(23,24)15-10-12(17)5-6-14(15)18/h2-6,9-10H,7-8H2,1H3. The number of halogens is 2. The molecule has 0 aliphatic rings. The molecule has 0 aliphatic heterocycles. The zero-order chi connectivity index (χ0) is 18.7. The number of rotatable bonds is 6. The third kappa shape index (κ3) is 4.37. The molecule has 10 heteroatoms. The van der Waals surface area contributed by atoms with Gasteiger partial charge in [0.1, 0.15) is 0 Å². The molecule has 0 radical (unpaired) electrons. The third-order valence-corrected chi connectivity index (χ3v) is 7.10. The number of nitrogens with zero attached hydrogens (tertiary/aromatic N) is 4. The number of sulfone groups is 1. The van der Waals surface area contributed by atoms with Gasteiger partial charge in [0.2, 0.25) is 5.16 Å². The molecule has 0 amide bonds. The molecule has 0 unspecified atom stereocenters. The van der Waals surface area contributed by atoms with Crippen LogP contribution in [0, 0.1) is 6.92 Å². The van der Waals surface area contributed by atoms with Gasteiger partial charge in [0.15, 0.2) is 9.84 Å². The maximum absolute atomic E-state index is 12.5. The first-order valence-corrected chi connectivity index (χ1v) is 10.9. The van der Waals surface area contributed by atoms with Crippen LogP contribution in [0.5, 0.6) is 0 Å². The van der Waals surface area contributed by atoms with E-state index in [2.05, 4.69) is 15.5 Å². The quantitative estimate of drug-likeness (QED) is 0.554. The number of hydrogen-bond acceptors (Lipinski definition) is 6. The molecule has 136 valence electrons. The highest BCUT2D eigenvalue weighted by molar-refractivity contribution is 8.00. The first kappa shape index (κ1) is 19.2. The van der Waals surface area contributed by atoms with E-state index in [-0.39, 0.29) is 21.4 Å². The van der Waals surface area contributed by atoms with E-state index in [1.807, 2.05) is 31.2 Å². The highest BCUT2D eigenvalue weighted by Gasteiger charge is 2.19. The second kappa shape index (κ2) is 7.96. The van der Waals surface area contributed by atoms with Gasteiger partial charge in [-0.3, -0.25) is 0 Å². The topological polar surface area (TPSA) is 77.7 Å². The van der Waals surface area contributed by atoms with Crippen molar-refractivity contribution in [3.05, 3.63) is 58.1 Å². The average Bonchev–Trinajstić information content (AvgIpc) is 3.05. The molecular formula is C16H14Cl2N4O2S2. The van der Waals surface area contributed by atoms with Crippen molar-refractivity contribution in [2.75, 3.05) is 11.5 Å². The van der Waals surface area contributed by atoms with Gasteiger partial charge < -0.3 is 0 Å². The van der Waals surface area contributed by atoms with E-state index >= 15 is 0 Å². The van der Waals surface area contributed by atoms with E-state index < -0.39 is 9.84 Å². The lowest BCUT2D eigenvalue weighted by Crippen LogP contribution is -2.10. The molecule has 3 aromatic rings. The van der Waals surface area contributed by atoms with Crippen molar-refractivity contribution >= 4 is 44.8 Å². The summed E-state index contributed by atoms with van der Waals surface area (Å²) in [5.41, 5.74) is 1.89. The lowest BCUT2D eigenvalue weighted by atomic mass is 10.2. The third-order valence-electron chi connectivity index (χ3n) is 3.50. The van der Waals surface area contributed by atoms with E-state index in [0.29, 0.717) is 10.2 Å². The van der Waals surface area contributed by atoms with E-state index in [4.69, 9.17) is 23.2 Å². The number of aromatic nitrogens is 4. The van der Waals surface area contributed by atoms with Crippen molar-refractivity contribution in [1.29, 1.82) is 0 Å². The summed E-state index contributed by atoms with van der Waals surface area (Å²) in [6.07, 6.45) is 0. The highest BCUT2D eigenvalue weighted by Crippen LogP contribution is 2.27. The summed E-state index contributed by atoms with van der Waals surface area (Å²) in [7, 11) is -3.57. The van der Waals surface area contributed by atoms with Crippen molar-refractivity contribution < 1.29 is 8.42 Å². The van der Waals surface area contributed by atoms with Crippen LogP contribution < -0.4 is 0 Å². The Hall–Kier alpha value is -1.61. The highest BCUT2D eigenvalue weighted by atomic mass is 35.5. The zero-order valence-corrected chi connectivity index (χ0v) is 16.8. The van der Waals surface area contributed by atoms with Crippen LogP contribution in [0.2, 0.25) is 10.0 Å². The summed E-state index contributed by atoms with van der Waals surface area (Å²) in [6, 6.07) is 12.1. The summed E-state index contributed by atoms with van der Waals surface area (Å²) in [5, 5.41) is 12.6. The monoisotopic (exact) mass is 428 g/mol. The average molecular weight is 429 g/mol. The molecule has 0 fully saturated rings. The van der Waals surface area contributed by atoms with Gasteiger partial charge in [-0.05, 0) is 53.2 Å². The Morgan fingerprint density at radius 3 is 2.73 bits per heavy atom. The van der Waals surface area contributed by atoms with E-state index in [9.17, 15) is 8.42 Å². The van der Waals surface area contributed by atoms with E-state index in [1.54, 1.807) is 10.7 Å². The summed E-state index contributed by atoms with van der Waals surface area (Å²) in [6.45, 7) is 1.97. The zero-order valence-electron chi connectivity index (χ0n) is 13.6. The van der Waals surface area contributed by atoms with Crippen molar-refractivity contribution in [2.24, 2.45) is 0 Å². The van der Waals surface area contributed by atoms with Gasteiger partial charge in [0, 0.05) is 10.8 Å². The number of thioether (sulfide) groups is 1. The minimum Gasteiger partial charge on any atom is -0.224 e. The van der Waals surface area contributed by atoms with Crippen LogP contribution in [-0.4, -0.2) is 40.1 Å². The first-order valence-electron chi connectivity index (χ1n) is 7.53. The number of tetrazole rings is 1. The predicted molar refractivity (Wildman–Crippen MR) is 103 cm³/mol. The van der Waals surface area contributed by atoms with Crippen LogP contribution >= 0.6 is 35.0 Å². The molecule has 1 heterocycles. The van der Waals surface area contributed by atoms with Crippen LogP contribution in [0.25, 0.3) is 5.69 Å². The molecule has 6 nitrogen and oxygen atoms in total. The molecule has 1 aromatic heterocycles. The fourth-order valence-electron chi connectivity index (χ4n) is 2.26. The molecule has 3 rings (SSSR count). The molecule has 0 aliphatic carbocycles. The largest absolute Gasteiger partial charge is 0.224 e. The molecule has 26 heavy (non-hydrogen) atoms. The SMILES string of the molecule is Cc1cccc(-n2nnnc2SCCS(=O)(=O)c2cc(Cl)ccc2Cl)c1. The van der Waals surface area contributed by atoms with Crippen molar-refractivity contribution in [3.63, 3.8) is 0 Å². The number of benzene rings is 2. The summed E-state index contributed by atoms with van der Waals surface area (Å²) < 4.78 is 26.6. The molecule has 0 N–H and O–H groups in total. The summed E-state index contributed by atoms with van der Waals surface area (Å²) in [5.74, 6) is 0.162. The Kier molecular flexibility index (Phi) is 5.86. The van der Waals surface area contributed by atoms with Gasteiger partial charge in [-0.1, -0.05) is 47.1 Å². The molecule has 0 spiro atoms. The second-order valence-corrected chi connectivity index (χ2v) is 9.44. The minimum atomic E-state index is -3.57. The van der Waals surface area contributed by atoms with E-state index in [0.717, 1.165) is 11.3 Å². The maximum atomic E-state index is 12.5. The molecule has 0 atom stereocenters. The normalized spacial score (nSPS) is 11.7. The molecule has 2 aromatic carbocycles. The second-order valence-electron chi connectivity index (χ2n) is 5.45. The van der Waals surface area contributed by atoms with Crippen LogP contribution in [0.15, 0.2) is 52.5 Å². The van der Waals surface area contributed by atoms with Gasteiger partial charge in [0.05, 0.1) is 21.4 Å². The smallest absolute Gasteiger partial charge is 0.214 e. The minimum absolute atomic E-state index is 0.0329. The van der Waals surface area contributed by atoms with Crippen LogP contribution in [0.3, 0.4) is 0 Å². The van der Waals surface area contributed by atoms with Gasteiger partial charge in [-0.2, -0.15) is 4.68 Å². The van der Waals surface area contributed by atoms with Gasteiger partial charge >= 0.3 is 0 Å². The van der Waals surface area contributed by atoms with Crippen LogP contribution in [-0.2, 0) is 9.84 Å². The van der Waals surface area contributed by atoms with Crippen LogP contribution in [0.4, 0.5) is 0 Å². The Morgan fingerprint density at radius 2 is 1.96 bits per heavy atom. The molecule has 0 saturated carbocycles. The van der Waals surface area contributed by atoms with Gasteiger partial charge in [0.25, 0.3) is 0 Å². The molecule has 0 bridgehead atoms. The number of hydrogen-bond donors (Lipinski definition) is 0. The number of aryl methyl sites for hydroxylation is 1. The van der Waals surface area contributed by atoms with Crippen molar-refractivity contribution in [1.82, 2.24) is 20.2 Å². The van der Waals surface area contributed by atoms with Crippen LogP contribution in [0.1, 0.15) is 5.56 Å². The maximum Gasteiger partial charge on any atom is 0.214 e. The Labute approximate surface area is 165 Å². The first-order chi connectivity index (χ1) is 12.4. The van der Waals surface area contributed by atoms with Gasteiger partial charge in [-0.25, -0.2) is 8.42 Å². The van der Waals surface area contributed by atoms with Crippen molar-refractivity contribution in [2.45, 2.75) is 17.0 Å². The Balaban J connectivity index is 1.73. The molecule has 0 saturated heterocycles. The molecular weight excluding hydrogens is 415 g/mol. The fourth-order valence-corrected chi connectivity index (χ4v) is 5.61. The summed E-state index contributed by atoms with van der Waals surface area (Å²) >= 11 is 13.1. The lowest BCUT2D eigenvalue weighted by molar-refractivity contribution is 0.597. The Morgan fingerprint density at radius 1 is 1.15 bits per heavy atom. The van der Waals surface area contributed by atoms with Crippen molar-refractivity contribution in [3.8, 4) is 5.69 Å². The predicted octanol–water partition coefficient (Wildman–Crippen LogP) is 3.84. The summed E-state index contributed by atoms with van der Waals surface area (Å²) in [4.78, 5) is 0.0329. The fraction of sp³-hybridized carbons (Fsp3) is 0.188. The van der Waals surface area contributed by atoms with E-state index in [1.165, 1.54) is 23.9 Å². The van der Waals surface area contributed by atoms with Gasteiger partial charge in [-0.15, -0.1) is 5.10 Å². The lowest BCUT2D eigenvalue weighted by Gasteiger charge is -2.07.